The third kappa shape index (κ3) is 3.33. The van der Waals surface area contributed by atoms with Gasteiger partial charge < -0.3 is 5.73 Å². The molecule has 0 aliphatic carbocycles. The molecular formula is C14H14BrClN2O2S. The molecule has 2 aromatic rings. The van der Waals surface area contributed by atoms with Gasteiger partial charge in [-0.2, -0.15) is 0 Å². The van der Waals surface area contributed by atoms with Crippen molar-refractivity contribution in [2.45, 2.75) is 18.7 Å². The quantitative estimate of drug-likeness (QED) is 0.776. The molecule has 0 unspecified atom stereocenters. The van der Waals surface area contributed by atoms with E-state index in [2.05, 4.69) is 20.7 Å². The van der Waals surface area contributed by atoms with Crippen LogP contribution in [0.2, 0.25) is 5.02 Å². The van der Waals surface area contributed by atoms with Crippen molar-refractivity contribution in [2.75, 3.05) is 10.5 Å². The first-order valence-electron chi connectivity index (χ1n) is 6.06. The largest absolute Gasteiger partial charge is 0.398 e. The van der Waals surface area contributed by atoms with E-state index in [9.17, 15) is 8.42 Å². The number of nitrogens with two attached hydrogens (primary N) is 1. The third-order valence-electron chi connectivity index (χ3n) is 3.04. The van der Waals surface area contributed by atoms with Gasteiger partial charge in [-0.1, -0.05) is 29.8 Å². The lowest BCUT2D eigenvalue weighted by Crippen LogP contribution is -2.15. The molecule has 0 aliphatic heterocycles. The Morgan fingerprint density at radius 1 is 1.19 bits per heavy atom. The Bertz CT molecular complexity index is 787. The molecule has 0 saturated heterocycles. The van der Waals surface area contributed by atoms with Gasteiger partial charge in [-0.3, -0.25) is 4.72 Å². The summed E-state index contributed by atoms with van der Waals surface area (Å²) in [7, 11) is -3.80. The highest BCUT2D eigenvalue weighted by Crippen LogP contribution is 2.33. The molecule has 0 amide bonds. The van der Waals surface area contributed by atoms with Crippen molar-refractivity contribution in [3.05, 3.63) is 51.0 Å². The minimum Gasteiger partial charge on any atom is -0.398 e. The second-order valence-corrected chi connectivity index (χ2v) is 7.56. The van der Waals surface area contributed by atoms with Gasteiger partial charge >= 0.3 is 0 Å². The van der Waals surface area contributed by atoms with Gasteiger partial charge in [-0.25, -0.2) is 8.42 Å². The molecule has 0 spiro atoms. The molecule has 4 nitrogen and oxygen atoms in total. The third-order valence-corrected chi connectivity index (χ3v) is 5.78. The fourth-order valence-corrected chi connectivity index (χ4v) is 4.44. The number of halogens is 2. The normalized spacial score (nSPS) is 11.4. The molecule has 0 heterocycles. The number of rotatable bonds is 3. The van der Waals surface area contributed by atoms with Gasteiger partial charge in [0.05, 0.1) is 10.2 Å². The van der Waals surface area contributed by atoms with Crippen LogP contribution in [0.3, 0.4) is 0 Å². The fourth-order valence-electron chi connectivity index (χ4n) is 1.94. The number of nitrogen functional groups attached to an aromatic ring is 1. The molecule has 7 heteroatoms. The van der Waals surface area contributed by atoms with Crippen molar-refractivity contribution >= 4 is 48.9 Å². The Morgan fingerprint density at radius 3 is 2.33 bits per heavy atom. The first-order chi connectivity index (χ1) is 9.72. The summed E-state index contributed by atoms with van der Waals surface area (Å²) in [6.07, 6.45) is 0. The lowest BCUT2D eigenvalue weighted by atomic mass is 10.1. The molecule has 0 atom stereocenters. The van der Waals surface area contributed by atoms with Crippen LogP contribution in [0, 0.1) is 13.8 Å². The van der Waals surface area contributed by atoms with Crippen LogP contribution in [0.15, 0.2) is 39.7 Å². The zero-order valence-electron chi connectivity index (χ0n) is 11.4. The van der Waals surface area contributed by atoms with E-state index in [-0.39, 0.29) is 15.6 Å². The predicted molar refractivity (Wildman–Crippen MR) is 90.3 cm³/mol. The standard InChI is InChI=1S/C14H14BrClN2O2S/c1-8-4-3-5-9(2)14(8)18-21(19,20)12-7-10(16)6-11(17)13(12)15/h3-7,18H,17H2,1-2H3. The van der Waals surface area contributed by atoms with Gasteiger partial charge in [0.2, 0.25) is 0 Å². The number of hydrogen-bond donors (Lipinski definition) is 2. The SMILES string of the molecule is Cc1cccc(C)c1NS(=O)(=O)c1cc(Cl)cc(N)c1Br. The van der Waals surface area contributed by atoms with Crippen LogP contribution in [0.5, 0.6) is 0 Å². The van der Waals surface area contributed by atoms with E-state index in [0.29, 0.717) is 10.2 Å². The molecule has 21 heavy (non-hydrogen) atoms. The maximum absolute atomic E-state index is 12.6. The van der Waals surface area contributed by atoms with Crippen molar-refractivity contribution < 1.29 is 8.42 Å². The van der Waals surface area contributed by atoms with E-state index in [1.165, 1.54) is 12.1 Å². The molecule has 0 aromatic heterocycles. The average Bonchev–Trinajstić information content (AvgIpc) is 2.38. The first-order valence-corrected chi connectivity index (χ1v) is 8.71. The van der Waals surface area contributed by atoms with Crippen LogP contribution >= 0.6 is 27.5 Å². The molecule has 3 N–H and O–H groups in total. The summed E-state index contributed by atoms with van der Waals surface area (Å²) in [5.74, 6) is 0. The van der Waals surface area contributed by atoms with E-state index < -0.39 is 10.0 Å². The van der Waals surface area contributed by atoms with Gasteiger partial charge in [-0.15, -0.1) is 0 Å². The van der Waals surface area contributed by atoms with Gasteiger partial charge in [0.25, 0.3) is 10.0 Å². The predicted octanol–water partition coefficient (Wildman–Crippen LogP) is 4.10. The lowest BCUT2D eigenvalue weighted by Gasteiger charge is -2.15. The number of hydrogen-bond acceptors (Lipinski definition) is 3. The van der Waals surface area contributed by atoms with Crippen LogP contribution < -0.4 is 10.5 Å². The average molecular weight is 390 g/mol. The Labute approximate surface area is 137 Å². The number of anilines is 2. The van der Waals surface area contributed by atoms with Crippen LogP contribution in [0.25, 0.3) is 0 Å². The highest BCUT2D eigenvalue weighted by molar-refractivity contribution is 9.10. The number of aryl methyl sites for hydroxylation is 2. The molecule has 0 aliphatic rings. The minimum atomic E-state index is -3.80. The van der Waals surface area contributed by atoms with Gasteiger partial charge in [-0.05, 0) is 53.0 Å². The Kier molecular flexibility index (Phi) is 4.51. The van der Waals surface area contributed by atoms with Crippen molar-refractivity contribution in [1.82, 2.24) is 0 Å². The van der Waals surface area contributed by atoms with E-state index in [1.807, 2.05) is 32.0 Å². The molecule has 2 rings (SSSR count). The molecule has 0 saturated carbocycles. The van der Waals surface area contributed by atoms with Crippen LogP contribution in [-0.4, -0.2) is 8.42 Å². The van der Waals surface area contributed by atoms with Crippen LogP contribution in [0.1, 0.15) is 11.1 Å². The summed E-state index contributed by atoms with van der Waals surface area (Å²) in [5, 5.41) is 0.262. The zero-order chi connectivity index (χ0) is 15.8. The smallest absolute Gasteiger partial charge is 0.263 e. The summed E-state index contributed by atoms with van der Waals surface area (Å²) >= 11 is 9.10. The van der Waals surface area contributed by atoms with Crippen molar-refractivity contribution in [3.63, 3.8) is 0 Å². The number of nitrogens with one attached hydrogen (secondary N) is 1. The molecule has 112 valence electrons. The molecule has 2 aromatic carbocycles. The molecule has 0 radical (unpaired) electrons. The van der Waals surface area contributed by atoms with Crippen molar-refractivity contribution in [2.24, 2.45) is 0 Å². The minimum absolute atomic E-state index is 0.00940. The number of para-hydroxylation sites is 1. The maximum Gasteiger partial charge on any atom is 0.263 e. The molecule has 0 fully saturated rings. The van der Waals surface area contributed by atoms with Gasteiger partial charge in [0.15, 0.2) is 0 Å². The lowest BCUT2D eigenvalue weighted by molar-refractivity contribution is 0.600. The highest BCUT2D eigenvalue weighted by Gasteiger charge is 2.21. The molecule has 0 bridgehead atoms. The Hall–Kier alpha value is -1.24. The zero-order valence-corrected chi connectivity index (χ0v) is 14.6. The van der Waals surface area contributed by atoms with Crippen LogP contribution in [0.4, 0.5) is 11.4 Å². The van der Waals surface area contributed by atoms with Crippen molar-refractivity contribution in [3.8, 4) is 0 Å². The summed E-state index contributed by atoms with van der Waals surface area (Å²) in [5.41, 5.74) is 8.25. The second-order valence-electron chi connectivity index (χ2n) is 4.68. The van der Waals surface area contributed by atoms with Crippen molar-refractivity contribution in [1.29, 1.82) is 0 Å². The summed E-state index contributed by atoms with van der Waals surface area (Å²) in [4.78, 5) is 0.00940. The van der Waals surface area contributed by atoms with E-state index in [4.69, 9.17) is 17.3 Å². The topological polar surface area (TPSA) is 72.2 Å². The Balaban J connectivity index is 2.54. The summed E-state index contributed by atoms with van der Waals surface area (Å²) in [6.45, 7) is 3.68. The van der Waals surface area contributed by atoms with Gasteiger partial charge in [0, 0.05) is 10.7 Å². The fraction of sp³-hybridized carbons (Fsp3) is 0.143. The summed E-state index contributed by atoms with van der Waals surface area (Å²) < 4.78 is 28.0. The second kappa shape index (κ2) is 5.87. The Morgan fingerprint density at radius 2 is 1.76 bits per heavy atom. The van der Waals surface area contributed by atoms with Gasteiger partial charge in [0.1, 0.15) is 4.90 Å². The van der Waals surface area contributed by atoms with E-state index in [0.717, 1.165) is 11.1 Å². The first kappa shape index (κ1) is 16.1. The maximum atomic E-state index is 12.6. The number of sulfonamides is 1. The van der Waals surface area contributed by atoms with Crippen LogP contribution in [-0.2, 0) is 10.0 Å². The summed E-state index contributed by atoms with van der Waals surface area (Å²) in [6, 6.07) is 8.40. The van der Waals surface area contributed by atoms with E-state index >= 15 is 0 Å². The number of benzene rings is 2. The highest BCUT2D eigenvalue weighted by atomic mass is 79.9. The van der Waals surface area contributed by atoms with E-state index in [1.54, 1.807) is 0 Å². The monoisotopic (exact) mass is 388 g/mol. The molecular weight excluding hydrogens is 376 g/mol.